The molecule has 39 heavy (non-hydrogen) atoms. The Morgan fingerprint density at radius 3 is 2.15 bits per heavy atom. The van der Waals surface area contributed by atoms with Gasteiger partial charge in [0.25, 0.3) is 5.56 Å². The van der Waals surface area contributed by atoms with Gasteiger partial charge in [0.05, 0.1) is 28.0 Å². The molecule has 7 nitrogen and oxygen atoms in total. The molecule has 1 atom stereocenters. The van der Waals surface area contributed by atoms with Crippen molar-refractivity contribution in [1.29, 1.82) is 0 Å². The van der Waals surface area contributed by atoms with E-state index in [0.717, 1.165) is 15.9 Å². The summed E-state index contributed by atoms with van der Waals surface area (Å²) in [6.45, 7) is 0. The van der Waals surface area contributed by atoms with E-state index >= 15 is 0 Å². The van der Waals surface area contributed by atoms with E-state index in [4.69, 9.17) is 33.7 Å². The van der Waals surface area contributed by atoms with Gasteiger partial charge >= 0.3 is 5.97 Å². The van der Waals surface area contributed by atoms with Crippen LogP contribution in [-0.4, -0.2) is 26.1 Å². The van der Waals surface area contributed by atoms with E-state index in [-0.39, 0.29) is 30.4 Å². The lowest BCUT2D eigenvalue weighted by Gasteiger charge is -2.27. The number of nitrogens with two attached hydrogens (primary N) is 1. The van der Waals surface area contributed by atoms with E-state index in [1.54, 1.807) is 72.8 Å². The first-order valence-electron chi connectivity index (χ1n) is 11.5. The lowest BCUT2D eigenvalue weighted by molar-refractivity contribution is -0.134. The minimum absolute atomic E-state index is 0.0265. The molecule has 1 aliphatic rings. The number of ether oxygens (including phenoxy) is 1. The van der Waals surface area contributed by atoms with E-state index in [1.165, 1.54) is 19.2 Å². The van der Waals surface area contributed by atoms with E-state index in [9.17, 15) is 18.0 Å². The number of benzene rings is 3. The number of aromatic nitrogens is 1. The largest absolute Gasteiger partial charge is 0.466 e. The molecule has 0 amide bonds. The van der Waals surface area contributed by atoms with Crippen LogP contribution in [0.3, 0.4) is 0 Å². The Morgan fingerprint density at radius 2 is 1.56 bits per heavy atom. The quantitative estimate of drug-likeness (QED) is 0.351. The Bertz CT molecular complexity index is 1910. The molecule has 0 spiro atoms. The molecule has 0 bridgehead atoms. The lowest BCUT2D eigenvalue weighted by atomic mass is 9.89. The predicted molar refractivity (Wildman–Crippen MR) is 153 cm³/mol. The van der Waals surface area contributed by atoms with E-state index in [2.05, 4.69) is 0 Å². The molecule has 0 saturated carbocycles. The van der Waals surface area contributed by atoms with Crippen molar-refractivity contribution in [3.63, 3.8) is 0 Å². The van der Waals surface area contributed by atoms with Gasteiger partial charge in [-0.2, -0.15) is 0 Å². The number of hydrogen-bond donors (Lipinski definition) is 1. The summed E-state index contributed by atoms with van der Waals surface area (Å²) in [5.41, 5.74) is 7.08. The minimum Gasteiger partial charge on any atom is -0.466 e. The Morgan fingerprint density at radius 1 is 0.974 bits per heavy atom. The molecular weight excluding hydrogens is 579 g/mol. The topological polar surface area (TPSA) is 108 Å². The highest BCUT2D eigenvalue weighted by molar-refractivity contribution is 7.95. The van der Waals surface area contributed by atoms with Crippen molar-refractivity contribution in [2.45, 2.75) is 10.8 Å². The van der Waals surface area contributed by atoms with Crippen LogP contribution in [0.15, 0.2) is 93.5 Å². The van der Waals surface area contributed by atoms with Gasteiger partial charge < -0.3 is 10.5 Å². The second-order valence-electron chi connectivity index (χ2n) is 8.56. The minimum atomic E-state index is -4.29. The second-order valence-corrected chi connectivity index (χ2v) is 12.4. The van der Waals surface area contributed by atoms with E-state index in [1.807, 2.05) is 0 Å². The zero-order valence-corrected chi connectivity index (χ0v) is 23.4. The summed E-state index contributed by atoms with van der Waals surface area (Å²) < 4.78 is 34.8. The van der Waals surface area contributed by atoms with Gasteiger partial charge in [-0.1, -0.05) is 65.7 Å². The number of thiazole rings is 1. The molecule has 0 unspecified atom stereocenters. The number of carbonyl (C=O) groups excluding carboxylic acids is 1. The molecule has 0 fully saturated rings. The number of hydrogen-bond acceptors (Lipinski definition) is 7. The number of methoxy groups -OCH3 is 1. The number of fused-ring (bicyclic) bond motifs is 1. The first-order valence-corrected chi connectivity index (χ1v) is 14.6. The van der Waals surface area contributed by atoms with Gasteiger partial charge in [0.2, 0.25) is 9.84 Å². The highest BCUT2D eigenvalue weighted by Crippen LogP contribution is 2.42. The molecule has 198 valence electrons. The maximum atomic E-state index is 14.1. The first-order chi connectivity index (χ1) is 18.6. The number of allylic oxidation sites excluding steroid dienone is 1. The van der Waals surface area contributed by atoms with Gasteiger partial charge in [0.15, 0.2) is 0 Å². The van der Waals surface area contributed by atoms with Crippen molar-refractivity contribution >= 4 is 67.8 Å². The zero-order chi connectivity index (χ0) is 27.9. The fourth-order valence-electron chi connectivity index (χ4n) is 4.41. The molecule has 3 aromatic carbocycles. The van der Waals surface area contributed by atoms with Crippen LogP contribution >= 0.6 is 34.5 Å². The number of esters is 1. The summed E-state index contributed by atoms with van der Waals surface area (Å²) >= 11 is 13.1. The molecule has 2 N–H and O–H groups in total. The van der Waals surface area contributed by atoms with Crippen LogP contribution < -0.4 is 20.5 Å². The summed E-state index contributed by atoms with van der Waals surface area (Å²) in [5, 5.41) is 0.955. The van der Waals surface area contributed by atoms with Crippen LogP contribution in [-0.2, 0) is 19.4 Å². The second kappa shape index (κ2) is 10.5. The van der Waals surface area contributed by atoms with Gasteiger partial charge in [0, 0.05) is 10.0 Å². The smallest absolute Gasteiger partial charge is 0.337 e. The predicted octanol–water partition coefficient (Wildman–Crippen LogP) is 3.73. The Labute approximate surface area is 237 Å². The van der Waals surface area contributed by atoms with Crippen molar-refractivity contribution < 1.29 is 17.9 Å². The fourth-order valence-corrected chi connectivity index (χ4v) is 7.53. The van der Waals surface area contributed by atoms with E-state index in [0.29, 0.717) is 21.2 Å². The zero-order valence-electron chi connectivity index (χ0n) is 20.3. The normalized spacial score (nSPS) is 15.8. The summed E-state index contributed by atoms with van der Waals surface area (Å²) in [5.74, 6) is -2.25. The third-order valence-electron chi connectivity index (χ3n) is 6.22. The highest BCUT2D eigenvalue weighted by atomic mass is 35.5. The van der Waals surface area contributed by atoms with Crippen molar-refractivity contribution in [3.8, 4) is 0 Å². The van der Waals surface area contributed by atoms with Gasteiger partial charge in [-0.3, -0.25) is 9.36 Å². The number of nitrogens with zero attached hydrogens (tertiary/aromatic N) is 1. The Balaban J connectivity index is 1.92. The maximum Gasteiger partial charge on any atom is 0.337 e. The summed E-state index contributed by atoms with van der Waals surface area (Å²) in [6, 6.07) is 20.9. The average Bonchev–Trinajstić information content (AvgIpc) is 3.25. The van der Waals surface area contributed by atoms with Gasteiger partial charge in [-0.15, -0.1) is 11.3 Å². The van der Waals surface area contributed by atoms with Crippen LogP contribution in [0.4, 0.5) is 0 Å². The summed E-state index contributed by atoms with van der Waals surface area (Å²) in [7, 11) is -3.10. The monoisotopic (exact) mass is 598 g/mol. The molecule has 5 rings (SSSR count). The summed E-state index contributed by atoms with van der Waals surface area (Å²) in [4.78, 5) is 26.7. The van der Waals surface area contributed by atoms with Crippen LogP contribution in [0.1, 0.15) is 17.0 Å². The van der Waals surface area contributed by atoms with Crippen molar-refractivity contribution in [1.82, 2.24) is 4.57 Å². The molecule has 1 aromatic heterocycles. The van der Waals surface area contributed by atoms with Crippen LogP contribution in [0.5, 0.6) is 0 Å². The van der Waals surface area contributed by atoms with Crippen molar-refractivity contribution in [2.24, 2.45) is 5.73 Å². The number of rotatable bonds is 5. The molecule has 11 heteroatoms. The maximum absolute atomic E-state index is 14.1. The molecule has 0 radical (unpaired) electrons. The molecule has 0 saturated heterocycles. The standard InChI is InChI=1S/C28H20Cl2N2O5S2/c1-37-28(34)23-22(17-9-13-19(30)14-10-17)24(39(35,36)20-5-3-2-4-6-20)25(31)32-26(33)21(38-27(23)32)15-16-7-11-18(29)12-8-16/h2-15,22H,31H2,1H3/b21-15-/t22-/m1/s1. The molecule has 4 aromatic rings. The van der Waals surface area contributed by atoms with Crippen molar-refractivity contribution in [3.05, 3.63) is 124 Å². The van der Waals surface area contributed by atoms with Gasteiger partial charge in [-0.25, -0.2) is 13.2 Å². The van der Waals surface area contributed by atoms with Crippen LogP contribution in [0, 0.1) is 0 Å². The third-order valence-corrected chi connectivity index (χ3v) is 9.75. The van der Waals surface area contributed by atoms with Gasteiger partial charge in [-0.05, 0) is 53.6 Å². The molecule has 1 aliphatic heterocycles. The Hall–Kier alpha value is -3.63. The SMILES string of the molecule is COC(=O)C1=c2s/c(=C\c3ccc(Cl)cc3)c(=O)n2C(N)=C(S(=O)(=O)c2ccccc2)[C@@H]1c1ccc(Cl)cc1. The highest BCUT2D eigenvalue weighted by Gasteiger charge is 2.42. The van der Waals surface area contributed by atoms with Crippen molar-refractivity contribution in [2.75, 3.05) is 7.11 Å². The van der Waals surface area contributed by atoms with Crippen LogP contribution in [0.25, 0.3) is 17.5 Å². The molecule has 0 aliphatic carbocycles. The average molecular weight is 600 g/mol. The molecular formula is C28H20Cl2N2O5S2. The Kier molecular flexibility index (Phi) is 7.26. The number of halogens is 2. The first kappa shape index (κ1) is 27.0. The summed E-state index contributed by atoms with van der Waals surface area (Å²) in [6.07, 6.45) is 1.62. The number of carbonyl (C=O) groups is 1. The molecule has 2 heterocycles. The van der Waals surface area contributed by atoms with Gasteiger partial charge in [0.1, 0.15) is 15.4 Å². The third kappa shape index (κ3) is 4.83. The van der Waals surface area contributed by atoms with E-state index < -0.39 is 27.3 Å². The lowest BCUT2D eigenvalue weighted by Crippen LogP contribution is -2.41. The number of sulfone groups is 1. The fraction of sp³-hybridized carbons (Fsp3) is 0.0714. The van der Waals surface area contributed by atoms with Crippen LogP contribution in [0.2, 0.25) is 10.0 Å².